The van der Waals surface area contributed by atoms with E-state index >= 15 is 0 Å². The van der Waals surface area contributed by atoms with E-state index < -0.39 is 5.69 Å². The third-order valence-electron chi connectivity index (χ3n) is 4.20. The lowest BCUT2D eigenvalue weighted by molar-refractivity contribution is -0.134. The summed E-state index contributed by atoms with van der Waals surface area (Å²) in [5.74, 6) is 0.603. The molecule has 1 aromatic carbocycles. The first kappa shape index (κ1) is 17.0. The average Bonchev–Trinajstić information content (AvgIpc) is 3.05. The number of para-hydroxylation sites is 1. The Labute approximate surface area is 145 Å². The summed E-state index contributed by atoms with van der Waals surface area (Å²) in [5.41, 5.74) is 0.375. The summed E-state index contributed by atoms with van der Waals surface area (Å²) < 4.78 is 7.22. The minimum atomic E-state index is -0.427. The molecule has 0 saturated carbocycles. The molecule has 0 saturated heterocycles. The van der Waals surface area contributed by atoms with Gasteiger partial charge >= 0.3 is 5.69 Å². The fourth-order valence-corrected chi connectivity index (χ4v) is 2.88. The molecule has 0 spiro atoms. The molecular weight excluding hydrogens is 318 g/mol. The topological polar surface area (TPSA) is 68.3 Å². The van der Waals surface area contributed by atoms with E-state index in [0.29, 0.717) is 6.54 Å². The van der Waals surface area contributed by atoms with Crippen LogP contribution in [0.5, 0.6) is 0 Å². The number of rotatable bonds is 6. The van der Waals surface area contributed by atoms with Crippen LogP contribution in [0, 0.1) is 0 Å². The van der Waals surface area contributed by atoms with Gasteiger partial charge in [0, 0.05) is 24.3 Å². The molecule has 3 aromatic rings. The molecular formula is C19H21N3O3. The Balaban J connectivity index is 1.85. The number of aromatic nitrogens is 2. The molecule has 0 fully saturated rings. The molecule has 6 nitrogen and oxygen atoms in total. The van der Waals surface area contributed by atoms with Crippen LogP contribution in [0.4, 0.5) is 0 Å². The van der Waals surface area contributed by atoms with Gasteiger partial charge in [0.15, 0.2) is 0 Å². The zero-order valence-corrected chi connectivity index (χ0v) is 14.4. The van der Waals surface area contributed by atoms with Gasteiger partial charge in [0.2, 0.25) is 5.91 Å². The van der Waals surface area contributed by atoms with Crippen molar-refractivity contribution < 1.29 is 9.21 Å². The fourth-order valence-electron chi connectivity index (χ4n) is 2.88. The molecule has 25 heavy (non-hydrogen) atoms. The summed E-state index contributed by atoms with van der Waals surface area (Å²) in [6.45, 7) is 4.52. The van der Waals surface area contributed by atoms with Gasteiger partial charge in [-0.25, -0.2) is 9.78 Å². The van der Waals surface area contributed by atoms with E-state index in [-0.39, 0.29) is 18.5 Å². The Kier molecular flexibility index (Phi) is 4.97. The highest BCUT2D eigenvalue weighted by atomic mass is 16.3. The summed E-state index contributed by atoms with van der Waals surface area (Å²) in [6, 6.07) is 11.2. The van der Waals surface area contributed by atoms with Gasteiger partial charge in [-0.15, -0.1) is 0 Å². The zero-order valence-electron chi connectivity index (χ0n) is 14.4. The molecule has 1 amide bonds. The summed E-state index contributed by atoms with van der Waals surface area (Å²) in [5, 5.41) is 1.01. The highest BCUT2D eigenvalue weighted by molar-refractivity contribution is 5.79. The second-order valence-electron chi connectivity index (χ2n) is 5.98. The van der Waals surface area contributed by atoms with E-state index in [0.717, 1.165) is 23.2 Å². The number of nitrogens with zero attached hydrogens (tertiary/aromatic N) is 3. The Bertz CT molecular complexity index is 896. The van der Waals surface area contributed by atoms with Crippen LogP contribution >= 0.6 is 0 Å². The molecule has 0 radical (unpaired) electrons. The molecule has 0 aliphatic heterocycles. The number of carbonyl (C=O) groups is 1. The number of carbonyl (C=O) groups excluding carboxylic acids is 1. The lowest BCUT2D eigenvalue weighted by Gasteiger charge is -2.28. The summed E-state index contributed by atoms with van der Waals surface area (Å²) in [4.78, 5) is 30.0. The lowest BCUT2D eigenvalue weighted by atomic mass is 10.2. The van der Waals surface area contributed by atoms with Gasteiger partial charge in [-0.1, -0.05) is 25.1 Å². The van der Waals surface area contributed by atoms with Crippen molar-refractivity contribution in [1.29, 1.82) is 0 Å². The van der Waals surface area contributed by atoms with Crippen LogP contribution < -0.4 is 5.69 Å². The van der Waals surface area contributed by atoms with Crippen molar-refractivity contribution in [2.45, 2.75) is 32.9 Å². The predicted molar refractivity (Wildman–Crippen MR) is 95.1 cm³/mol. The number of fused-ring (bicyclic) bond motifs is 1. The minimum Gasteiger partial charge on any atom is -0.459 e. The third kappa shape index (κ3) is 3.63. The van der Waals surface area contributed by atoms with Crippen LogP contribution in [-0.2, 0) is 11.3 Å². The van der Waals surface area contributed by atoms with E-state index in [1.54, 1.807) is 17.2 Å². The molecule has 1 atom stereocenters. The molecule has 0 unspecified atom stereocenters. The van der Waals surface area contributed by atoms with Crippen molar-refractivity contribution in [3.05, 3.63) is 65.0 Å². The quantitative estimate of drug-likeness (QED) is 0.692. The van der Waals surface area contributed by atoms with Gasteiger partial charge in [-0.3, -0.25) is 9.36 Å². The van der Waals surface area contributed by atoms with Crippen molar-refractivity contribution in [3.8, 4) is 0 Å². The third-order valence-corrected chi connectivity index (χ3v) is 4.20. The van der Waals surface area contributed by atoms with Gasteiger partial charge in [-0.05, 0) is 31.5 Å². The Hall–Kier alpha value is -2.89. The second kappa shape index (κ2) is 7.34. The van der Waals surface area contributed by atoms with Crippen LogP contribution in [0.25, 0.3) is 11.0 Å². The van der Waals surface area contributed by atoms with E-state index in [1.165, 1.54) is 10.8 Å². The molecule has 3 rings (SSSR count). The molecule has 130 valence electrons. The Morgan fingerprint density at radius 1 is 1.32 bits per heavy atom. The highest BCUT2D eigenvalue weighted by Crippen LogP contribution is 2.27. The number of hydrogen-bond acceptors (Lipinski definition) is 4. The lowest BCUT2D eigenvalue weighted by Crippen LogP contribution is -2.38. The van der Waals surface area contributed by atoms with Gasteiger partial charge in [0.05, 0.1) is 6.04 Å². The van der Waals surface area contributed by atoms with Crippen molar-refractivity contribution in [1.82, 2.24) is 14.5 Å². The van der Waals surface area contributed by atoms with Crippen LogP contribution in [0.3, 0.4) is 0 Å². The van der Waals surface area contributed by atoms with E-state index in [4.69, 9.17) is 4.42 Å². The predicted octanol–water partition coefficient (Wildman–Crippen LogP) is 2.99. The average molecular weight is 339 g/mol. The summed E-state index contributed by atoms with van der Waals surface area (Å²) in [7, 11) is 0. The Morgan fingerprint density at radius 3 is 2.84 bits per heavy atom. The highest BCUT2D eigenvalue weighted by Gasteiger charge is 2.24. The number of amides is 1. The first-order valence-corrected chi connectivity index (χ1v) is 8.39. The van der Waals surface area contributed by atoms with Crippen molar-refractivity contribution in [2.75, 3.05) is 6.54 Å². The first-order chi connectivity index (χ1) is 12.1. The van der Waals surface area contributed by atoms with Crippen molar-refractivity contribution in [2.24, 2.45) is 0 Å². The van der Waals surface area contributed by atoms with E-state index in [9.17, 15) is 9.59 Å². The number of furan rings is 1. The summed E-state index contributed by atoms with van der Waals surface area (Å²) >= 11 is 0. The molecule has 2 heterocycles. The monoisotopic (exact) mass is 339 g/mol. The fraction of sp³-hybridized carbons (Fsp3) is 0.316. The van der Waals surface area contributed by atoms with Gasteiger partial charge < -0.3 is 9.32 Å². The molecule has 0 aliphatic carbocycles. The van der Waals surface area contributed by atoms with Crippen LogP contribution in [0.2, 0.25) is 0 Å². The minimum absolute atomic E-state index is 0.0305. The Morgan fingerprint density at radius 2 is 2.12 bits per heavy atom. The molecule has 0 N–H and O–H groups in total. The molecule has 6 heteroatoms. The maximum Gasteiger partial charge on any atom is 0.347 e. The van der Waals surface area contributed by atoms with Gasteiger partial charge in [0.1, 0.15) is 17.9 Å². The number of benzene rings is 1. The number of hydrogen-bond donors (Lipinski definition) is 0. The standard InChI is InChI=1S/C19H21N3O3/c1-3-10-22(18(23)13-21-11-6-9-20-19(21)24)14(2)17-12-15-7-4-5-8-16(15)25-17/h4-9,11-12,14H,3,10,13H2,1-2H3/t14-/m0/s1. The molecule has 2 aromatic heterocycles. The largest absolute Gasteiger partial charge is 0.459 e. The SMILES string of the molecule is CCCN(C(=O)Cn1cccnc1=O)[C@@H](C)c1cc2ccccc2o1. The van der Waals surface area contributed by atoms with Crippen LogP contribution in [0.15, 0.2) is 58.0 Å². The van der Waals surface area contributed by atoms with E-state index in [2.05, 4.69) is 4.98 Å². The zero-order chi connectivity index (χ0) is 17.8. The van der Waals surface area contributed by atoms with Crippen LogP contribution in [0.1, 0.15) is 32.1 Å². The van der Waals surface area contributed by atoms with Gasteiger partial charge in [0.25, 0.3) is 0 Å². The smallest absolute Gasteiger partial charge is 0.347 e. The normalized spacial score (nSPS) is 12.2. The maximum atomic E-state index is 12.8. The van der Waals surface area contributed by atoms with Gasteiger partial charge in [-0.2, -0.15) is 0 Å². The van der Waals surface area contributed by atoms with E-state index in [1.807, 2.05) is 44.2 Å². The first-order valence-electron chi connectivity index (χ1n) is 8.39. The second-order valence-corrected chi connectivity index (χ2v) is 5.98. The summed E-state index contributed by atoms with van der Waals surface area (Å²) in [6.07, 6.45) is 3.81. The molecule has 0 aliphatic rings. The maximum absolute atomic E-state index is 12.8. The molecule has 0 bridgehead atoms. The van der Waals surface area contributed by atoms with Crippen molar-refractivity contribution in [3.63, 3.8) is 0 Å². The van der Waals surface area contributed by atoms with Crippen LogP contribution in [-0.4, -0.2) is 26.9 Å². The van der Waals surface area contributed by atoms with Crippen molar-refractivity contribution >= 4 is 16.9 Å².